The summed E-state index contributed by atoms with van der Waals surface area (Å²) in [6.45, 7) is 0.350. The lowest BCUT2D eigenvalue weighted by Gasteiger charge is -2.09. The van der Waals surface area contributed by atoms with Crippen LogP contribution >= 0.6 is 23.2 Å². The molecule has 2 amide bonds. The van der Waals surface area contributed by atoms with Gasteiger partial charge in [0.05, 0.1) is 0 Å². The monoisotopic (exact) mass is 576 g/mol. The molecule has 0 aromatic heterocycles. The normalized spacial score (nSPS) is 14.8. The Morgan fingerprint density at radius 3 is 1.25 bits per heavy atom. The number of carbonyl (C=O) groups is 6. The van der Waals surface area contributed by atoms with Crippen molar-refractivity contribution in [2.24, 2.45) is 11.8 Å². The quantitative estimate of drug-likeness (QED) is 0.394. The van der Waals surface area contributed by atoms with Gasteiger partial charge in [0.1, 0.15) is 0 Å². The van der Waals surface area contributed by atoms with Crippen LogP contribution in [0.2, 0.25) is 10.0 Å². The SMILES string of the molecule is O=C(NCCc1cccc(Cl)c1)C1C(=O)c2cc3c(cc2C1=O)C(=O)C(C(=O)NCCc1cccc(Cl)c1)C3=O. The number of carbonyl (C=O) groups excluding carboxylic acids is 6. The number of hydrogen-bond acceptors (Lipinski definition) is 6. The van der Waals surface area contributed by atoms with E-state index in [0.717, 1.165) is 23.3 Å². The van der Waals surface area contributed by atoms with Crippen molar-refractivity contribution < 1.29 is 28.8 Å². The minimum atomic E-state index is -1.60. The van der Waals surface area contributed by atoms with E-state index in [2.05, 4.69) is 10.6 Å². The van der Waals surface area contributed by atoms with Crippen LogP contribution in [0.5, 0.6) is 0 Å². The van der Waals surface area contributed by atoms with Crippen LogP contribution in [-0.4, -0.2) is 48.0 Å². The first-order chi connectivity index (χ1) is 19.2. The maximum Gasteiger partial charge on any atom is 0.238 e. The average Bonchev–Trinajstić information content (AvgIpc) is 3.31. The lowest BCUT2D eigenvalue weighted by Crippen LogP contribution is -2.38. The number of nitrogens with one attached hydrogen (secondary N) is 2. The molecule has 40 heavy (non-hydrogen) atoms. The maximum atomic E-state index is 13.0. The van der Waals surface area contributed by atoms with E-state index in [1.807, 2.05) is 12.1 Å². The van der Waals surface area contributed by atoms with Gasteiger partial charge in [0.15, 0.2) is 35.0 Å². The van der Waals surface area contributed by atoms with E-state index < -0.39 is 46.8 Å². The van der Waals surface area contributed by atoms with Gasteiger partial charge in [-0.25, -0.2) is 0 Å². The zero-order valence-electron chi connectivity index (χ0n) is 21.0. The van der Waals surface area contributed by atoms with E-state index in [1.54, 1.807) is 36.4 Å². The molecule has 2 aliphatic carbocycles. The van der Waals surface area contributed by atoms with Crippen molar-refractivity contribution in [1.82, 2.24) is 10.6 Å². The Hall–Kier alpha value is -4.14. The van der Waals surface area contributed by atoms with Gasteiger partial charge in [0.25, 0.3) is 0 Å². The first kappa shape index (κ1) is 27.4. The Bertz CT molecular complexity index is 1450. The van der Waals surface area contributed by atoms with Crippen LogP contribution in [0.25, 0.3) is 0 Å². The highest BCUT2D eigenvalue weighted by Crippen LogP contribution is 2.35. The Morgan fingerprint density at radius 2 is 0.925 bits per heavy atom. The molecule has 202 valence electrons. The Kier molecular flexibility index (Phi) is 7.65. The molecule has 5 rings (SSSR count). The van der Waals surface area contributed by atoms with Crippen LogP contribution in [0.1, 0.15) is 52.6 Å². The molecule has 10 heteroatoms. The van der Waals surface area contributed by atoms with Crippen LogP contribution in [-0.2, 0) is 22.4 Å². The van der Waals surface area contributed by atoms with Crippen molar-refractivity contribution in [3.8, 4) is 0 Å². The van der Waals surface area contributed by atoms with E-state index >= 15 is 0 Å². The number of amides is 2. The highest BCUT2D eigenvalue weighted by Gasteiger charge is 2.48. The number of benzene rings is 3. The topological polar surface area (TPSA) is 126 Å². The van der Waals surface area contributed by atoms with Crippen molar-refractivity contribution in [2.45, 2.75) is 12.8 Å². The standard InChI is InChI=1S/C30H22Cl2N2O6/c31-17-5-1-3-15(11-17)7-9-33-29(39)23-25(35)19-13-21-22(14-20(19)26(23)36)28(38)24(27(21)37)30(40)34-10-8-16-4-2-6-18(32)12-16/h1-6,11-14,23-24H,7-10H2,(H,33,39)(H,34,40). The fraction of sp³-hybridized carbons (Fsp3) is 0.200. The summed E-state index contributed by atoms with van der Waals surface area (Å²) in [4.78, 5) is 77.7. The summed E-state index contributed by atoms with van der Waals surface area (Å²) in [5.74, 6) is -7.74. The first-order valence-corrected chi connectivity index (χ1v) is 13.3. The minimum absolute atomic E-state index is 0.109. The summed E-state index contributed by atoms with van der Waals surface area (Å²) in [7, 11) is 0. The van der Waals surface area contributed by atoms with E-state index in [-0.39, 0.29) is 35.3 Å². The molecule has 0 saturated heterocycles. The van der Waals surface area contributed by atoms with E-state index in [0.29, 0.717) is 22.9 Å². The molecule has 0 spiro atoms. The lowest BCUT2D eigenvalue weighted by atomic mass is 10.0. The minimum Gasteiger partial charge on any atom is -0.355 e. The molecular formula is C30H22Cl2N2O6. The largest absolute Gasteiger partial charge is 0.355 e. The molecule has 0 saturated carbocycles. The number of hydrogen-bond donors (Lipinski definition) is 2. The summed E-state index contributed by atoms with van der Waals surface area (Å²) < 4.78 is 0. The summed E-state index contributed by atoms with van der Waals surface area (Å²) >= 11 is 11.9. The second-order valence-corrected chi connectivity index (χ2v) is 10.5. The molecule has 0 atom stereocenters. The van der Waals surface area contributed by atoms with Crippen molar-refractivity contribution >= 4 is 58.1 Å². The van der Waals surface area contributed by atoms with Gasteiger partial charge >= 0.3 is 0 Å². The maximum absolute atomic E-state index is 13.0. The van der Waals surface area contributed by atoms with E-state index in [1.165, 1.54) is 0 Å². The van der Waals surface area contributed by atoms with Crippen LogP contribution in [0, 0.1) is 11.8 Å². The van der Waals surface area contributed by atoms with Gasteiger partial charge in [-0.3, -0.25) is 28.8 Å². The summed E-state index contributed by atoms with van der Waals surface area (Å²) in [6, 6.07) is 16.5. The molecule has 0 radical (unpaired) electrons. The summed E-state index contributed by atoms with van der Waals surface area (Å²) in [5.41, 5.74) is 1.31. The third kappa shape index (κ3) is 5.20. The Morgan fingerprint density at radius 1 is 0.575 bits per heavy atom. The second-order valence-electron chi connectivity index (χ2n) is 9.61. The number of halogens is 2. The molecular weight excluding hydrogens is 555 g/mol. The molecule has 2 aliphatic rings. The number of ketones is 4. The Balaban J connectivity index is 1.25. The molecule has 8 nitrogen and oxygen atoms in total. The van der Waals surface area contributed by atoms with Crippen molar-refractivity contribution in [2.75, 3.05) is 13.1 Å². The van der Waals surface area contributed by atoms with Gasteiger partial charge in [-0.1, -0.05) is 47.5 Å². The smallest absolute Gasteiger partial charge is 0.238 e. The molecule has 0 aliphatic heterocycles. The number of Topliss-reactive ketones (excluding diaryl/α,β-unsaturated/α-hetero) is 4. The van der Waals surface area contributed by atoms with E-state index in [4.69, 9.17) is 23.2 Å². The number of rotatable bonds is 8. The molecule has 2 N–H and O–H groups in total. The zero-order valence-corrected chi connectivity index (χ0v) is 22.5. The number of fused-ring (bicyclic) bond motifs is 2. The summed E-state index contributed by atoms with van der Waals surface area (Å²) in [5, 5.41) is 6.30. The molecule has 3 aromatic carbocycles. The van der Waals surface area contributed by atoms with Crippen molar-refractivity contribution in [3.63, 3.8) is 0 Å². The fourth-order valence-corrected chi connectivity index (χ4v) is 5.43. The second kappa shape index (κ2) is 11.2. The lowest BCUT2D eigenvalue weighted by molar-refractivity contribution is -0.123. The molecule has 0 fully saturated rings. The average molecular weight is 577 g/mol. The van der Waals surface area contributed by atoms with Gasteiger partial charge in [-0.15, -0.1) is 0 Å². The van der Waals surface area contributed by atoms with Crippen molar-refractivity contribution in [3.05, 3.63) is 104 Å². The van der Waals surface area contributed by atoms with E-state index in [9.17, 15) is 28.8 Å². The third-order valence-electron chi connectivity index (χ3n) is 7.00. The van der Waals surface area contributed by atoms with Crippen LogP contribution in [0.3, 0.4) is 0 Å². The molecule has 3 aromatic rings. The van der Waals surface area contributed by atoms with Crippen LogP contribution in [0.15, 0.2) is 60.7 Å². The van der Waals surface area contributed by atoms with Gasteiger partial charge in [0.2, 0.25) is 11.8 Å². The first-order valence-electron chi connectivity index (χ1n) is 12.5. The predicted molar refractivity (Wildman–Crippen MR) is 147 cm³/mol. The Labute approximate surface area is 239 Å². The van der Waals surface area contributed by atoms with Crippen LogP contribution in [0.4, 0.5) is 0 Å². The highest BCUT2D eigenvalue weighted by molar-refractivity contribution is 6.39. The van der Waals surface area contributed by atoms with Gasteiger partial charge in [-0.2, -0.15) is 0 Å². The van der Waals surface area contributed by atoms with Crippen LogP contribution < -0.4 is 10.6 Å². The third-order valence-corrected chi connectivity index (χ3v) is 7.47. The molecule has 0 heterocycles. The summed E-state index contributed by atoms with van der Waals surface area (Å²) in [6.07, 6.45) is 0.877. The highest BCUT2D eigenvalue weighted by atomic mass is 35.5. The predicted octanol–water partition coefficient (Wildman–Crippen LogP) is 3.70. The van der Waals surface area contributed by atoms with Gasteiger partial charge in [-0.05, 0) is 60.4 Å². The molecule has 0 unspecified atom stereocenters. The molecule has 0 bridgehead atoms. The van der Waals surface area contributed by atoms with Gasteiger partial charge in [0, 0.05) is 45.4 Å². The van der Waals surface area contributed by atoms with Gasteiger partial charge < -0.3 is 10.6 Å². The van der Waals surface area contributed by atoms with Crippen molar-refractivity contribution in [1.29, 1.82) is 0 Å². The fourth-order valence-electron chi connectivity index (χ4n) is 5.00. The zero-order chi connectivity index (χ0) is 28.6.